The van der Waals surface area contributed by atoms with Crippen LogP contribution in [0.3, 0.4) is 0 Å². The summed E-state index contributed by atoms with van der Waals surface area (Å²) in [6, 6.07) is 11.1. The van der Waals surface area contributed by atoms with E-state index in [0.717, 1.165) is 27.4 Å². The van der Waals surface area contributed by atoms with Crippen molar-refractivity contribution in [2.75, 3.05) is 20.0 Å². The zero-order valence-corrected chi connectivity index (χ0v) is 16.6. The number of carbonyl (C=O) groups excluding carboxylic acids is 1. The van der Waals surface area contributed by atoms with Gasteiger partial charge in [-0.2, -0.15) is 0 Å². The molecule has 2 aromatic carbocycles. The number of esters is 1. The number of hydrogen-bond acceptors (Lipinski definition) is 6. The summed E-state index contributed by atoms with van der Waals surface area (Å²) in [5.41, 5.74) is 9.60. The molecular weight excluding hydrogens is 397 g/mol. The second-order valence-electron chi connectivity index (χ2n) is 5.09. The molecular formula is C17H19Cl2N3O3S. The van der Waals surface area contributed by atoms with Crippen LogP contribution in [0.25, 0.3) is 11.0 Å². The van der Waals surface area contributed by atoms with Crippen molar-refractivity contribution in [2.45, 2.75) is 10.9 Å². The maximum Gasteiger partial charge on any atom is 0.341 e. The van der Waals surface area contributed by atoms with Gasteiger partial charge in [-0.15, -0.1) is 24.8 Å². The van der Waals surface area contributed by atoms with E-state index >= 15 is 0 Å². The second kappa shape index (κ2) is 9.56. The highest BCUT2D eigenvalue weighted by Gasteiger charge is 2.16. The predicted molar refractivity (Wildman–Crippen MR) is 109 cm³/mol. The molecule has 0 radical (unpaired) electrons. The molecule has 1 aromatic heterocycles. The van der Waals surface area contributed by atoms with Crippen LogP contribution >= 0.6 is 36.6 Å². The Morgan fingerprint density at radius 1 is 1.23 bits per heavy atom. The maximum absolute atomic E-state index is 11.8. The van der Waals surface area contributed by atoms with E-state index in [2.05, 4.69) is 9.97 Å². The Bertz CT molecular complexity index is 902. The van der Waals surface area contributed by atoms with Crippen molar-refractivity contribution in [2.24, 2.45) is 0 Å². The summed E-state index contributed by atoms with van der Waals surface area (Å²) >= 11 is 1.54. The van der Waals surface area contributed by atoms with E-state index in [9.17, 15) is 4.79 Å². The number of nitrogen functional groups attached to an aromatic ring is 1. The second-order valence-corrected chi connectivity index (χ2v) is 6.05. The van der Waals surface area contributed by atoms with Gasteiger partial charge in [0.25, 0.3) is 0 Å². The van der Waals surface area contributed by atoms with Crippen molar-refractivity contribution in [3.63, 3.8) is 0 Å². The Labute approximate surface area is 167 Å². The minimum Gasteiger partial charge on any atom is -0.496 e. The molecule has 0 aliphatic carbocycles. The number of nitrogens with zero attached hydrogens (tertiary/aromatic N) is 1. The van der Waals surface area contributed by atoms with E-state index in [-0.39, 0.29) is 24.8 Å². The summed E-state index contributed by atoms with van der Waals surface area (Å²) in [6.07, 6.45) is 0. The van der Waals surface area contributed by atoms with Crippen molar-refractivity contribution in [3.05, 3.63) is 47.5 Å². The fraction of sp³-hybridized carbons (Fsp3) is 0.176. The van der Waals surface area contributed by atoms with Crippen LogP contribution < -0.4 is 10.5 Å². The van der Waals surface area contributed by atoms with Gasteiger partial charge >= 0.3 is 5.97 Å². The zero-order chi connectivity index (χ0) is 17.1. The van der Waals surface area contributed by atoms with Gasteiger partial charge in [-0.05, 0) is 17.7 Å². The fourth-order valence-electron chi connectivity index (χ4n) is 2.33. The van der Waals surface area contributed by atoms with E-state index < -0.39 is 5.97 Å². The molecule has 0 amide bonds. The van der Waals surface area contributed by atoms with E-state index in [0.29, 0.717) is 17.1 Å². The van der Waals surface area contributed by atoms with Crippen LogP contribution in [-0.2, 0) is 10.5 Å². The number of benzene rings is 2. The number of anilines is 1. The Hall–Kier alpha value is -2.09. The molecule has 140 valence electrons. The highest BCUT2D eigenvalue weighted by Crippen LogP contribution is 2.29. The predicted octanol–water partition coefficient (Wildman–Crippen LogP) is 4.08. The van der Waals surface area contributed by atoms with Crippen molar-refractivity contribution >= 4 is 59.3 Å². The van der Waals surface area contributed by atoms with E-state index in [1.54, 1.807) is 23.9 Å². The molecule has 3 N–H and O–H groups in total. The molecule has 0 fully saturated rings. The van der Waals surface area contributed by atoms with Crippen molar-refractivity contribution in [3.8, 4) is 5.75 Å². The summed E-state index contributed by atoms with van der Waals surface area (Å²) in [5, 5.41) is 0.748. The number of nitrogens with two attached hydrogens (primary N) is 1. The number of thioether (sulfide) groups is 1. The number of fused-ring (bicyclic) bond motifs is 1. The summed E-state index contributed by atoms with van der Waals surface area (Å²) in [7, 11) is 2.85. The third-order valence-electron chi connectivity index (χ3n) is 3.61. The van der Waals surface area contributed by atoms with E-state index in [1.165, 1.54) is 14.2 Å². The number of para-hydroxylation sites is 1. The number of halogens is 2. The first-order valence-corrected chi connectivity index (χ1v) is 8.23. The third kappa shape index (κ3) is 4.55. The summed E-state index contributed by atoms with van der Waals surface area (Å²) < 4.78 is 10.0. The van der Waals surface area contributed by atoms with Gasteiger partial charge < -0.3 is 20.2 Å². The average molecular weight is 416 g/mol. The SMILES string of the molecule is COC(=O)c1cc2[nH]c(SCc3ccccc3N)nc2cc1OC.Cl.Cl. The molecule has 9 heteroatoms. The first-order chi connectivity index (χ1) is 11.6. The van der Waals surface area contributed by atoms with Crippen LogP contribution in [0, 0.1) is 0 Å². The van der Waals surface area contributed by atoms with E-state index in [1.807, 2.05) is 24.3 Å². The Morgan fingerprint density at radius 3 is 2.62 bits per heavy atom. The Morgan fingerprint density at radius 2 is 1.96 bits per heavy atom. The number of nitrogens with one attached hydrogen (secondary N) is 1. The molecule has 0 saturated heterocycles. The normalized spacial score (nSPS) is 9.92. The van der Waals surface area contributed by atoms with Crippen LogP contribution in [-0.4, -0.2) is 30.2 Å². The number of carbonyl (C=O) groups is 1. The average Bonchev–Trinajstić information content (AvgIpc) is 3.00. The first-order valence-electron chi connectivity index (χ1n) is 7.24. The lowest BCUT2D eigenvalue weighted by atomic mass is 10.2. The standard InChI is InChI=1S/C17H17N3O3S.2ClH/c1-22-15-8-14-13(7-11(15)16(21)23-2)19-17(20-14)24-9-10-5-3-4-6-12(10)18;;/h3-8H,9,18H2,1-2H3,(H,19,20);2*1H. The van der Waals surface area contributed by atoms with Crippen LogP contribution in [0.4, 0.5) is 5.69 Å². The lowest BCUT2D eigenvalue weighted by Gasteiger charge is -2.06. The van der Waals surface area contributed by atoms with Gasteiger partial charge in [0.15, 0.2) is 5.16 Å². The quantitative estimate of drug-likeness (QED) is 0.370. The molecule has 0 unspecified atom stereocenters. The number of aromatic amines is 1. The Balaban J connectivity index is 0.00000169. The first kappa shape index (κ1) is 22.0. The smallest absolute Gasteiger partial charge is 0.341 e. The van der Waals surface area contributed by atoms with Crippen molar-refractivity contribution in [1.29, 1.82) is 0 Å². The van der Waals surface area contributed by atoms with E-state index in [4.69, 9.17) is 15.2 Å². The van der Waals surface area contributed by atoms with Gasteiger partial charge in [-0.25, -0.2) is 9.78 Å². The van der Waals surface area contributed by atoms with Crippen LogP contribution in [0.15, 0.2) is 41.6 Å². The number of methoxy groups -OCH3 is 2. The molecule has 0 bridgehead atoms. The maximum atomic E-state index is 11.8. The molecule has 0 spiro atoms. The van der Waals surface area contributed by atoms with Crippen LogP contribution in [0.2, 0.25) is 0 Å². The fourth-order valence-corrected chi connectivity index (χ4v) is 3.23. The van der Waals surface area contributed by atoms with Gasteiger partial charge in [0.05, 0.1) is 25.3 Å². The molecule has 1 heterocycles. The third-order valence-corrected chi connectivity index (χ3v) is 4.53. The number of rotatable bonds is 5. The zero-order valence-electron chi connectivity index (χ0n) is 14.1. The lowest BCUT2D eigenvalue weighted by Crippen LogP contribution is -2.03. The van der Waals surface area contributed by atoms with Crippen molar-refractivity contribution < 1.29 is 14.3 Å². The molecule has 6 nitrogen and oxygen atoms in total. The minimum atomic E-state index is -0.449. The number of hydrogen-bond donors (Lipinski definition) is 2. The van der Waals surface area contributed by atoms with Crippen molar-refractivity contribution in [1.82, 2.24) is 9.97 Å². The number of imidazole rings is 1. The molecule has 0 aliphatic rings. The highest BCUT2D eigenvalue weighted by molar-refractivity contribution is 7.98. The van der Waals surface area contributed by atoms with Gasteiger partial charge in [0, 0.05) is 17.5 Å². The monoisotopic (exact) mass is 415 g/mol. The molecule has 0 atom stereocenters. The molecule has 26 heavy (non-hydrogen) atoms. The number of H-pyrrole nitrogens is 1. The summed E-state index contributed by atoms with van der Waals surface area (Å²) in [6.45, 7) is 0. The van der Waals surface area contributed by atoms with Gasteiger partial charge in [-0.1, -0.05) is 30.0 Å². The highest BCUT2D eigenvalue weighted by atomic mass is 35.5. The molecule has 3 aromatic rings. The Kier molecular flexibility index (Phi) is 8.08. The molecule has 0 saturated carbocycles. The summed E-state index contributed by atoms with van der Waals surface area (Å²) in [4.78, 5) is 19.6. The topological polar surface area (TPSA) is 90.2 Å². The summed E-state index contributed by atoms with van der Waals surface area (Å²) in [5.74, 6) is 0.687. The van der Waals surface area contributed by atoms with Crippen LogP contribution in [0.5, 0.6) is 5.75 Å². The van der Waals surface area contributed by atoms with Gasteiger partial charge in [-0.3, -0.25) is 0 Å². The minimum absolute atomic E-state index is 0. The molecule has 3 rings (SSSR count). The molecule has 0 aliphatic heterocycles. The van der Waals surface area contributed by atoms with Gasteiger partial charge in [0.1, 0.15) is 11.3 Å². The lowest BCUT2D eigenvalue weighted by molar-refractivity contribution is 0.0597. The van der Waals surface area contributed by atoms with Crippen LogP contribution in [0.1, 0.15) is 15.9 Å². The largest absolute Gasteiger partial charge is 0.496 e. The number of ether oxygens (including phenoxy) is 2. The van der Waals surface area contributed by atoms with Gasteiger partial charge in [0.2, 0.25) is 0 Å². The number of aromatic nitrogens is 2.